The highest BCUT2D eigenvalue weighted by Crippen LogP contribution is 2.13. The average molecular weight is 248 g/mol. The first-order chi connectivity index (χ1) is 8.81. The SMILES string of the molecule is [CH2]CCCCCCCCCCCCCC(=C)C#N. The number of rotatable bonds is 13. The molecule has 0 aliphatic rings. The minimum atomic E-state index is 0.734. The van der Waals surface area contributed by atoms with Gasteiger partial charge >= 0.3 is 0 Å². The first-order valence-corrected chi connectivity index (χ1v) is 7.68. The van der Waals surface area contributed by atoms with Crippen LogP contribution in [0.25, 0.3) is 0 Å². The van der Waals surface area contributed by atoms with Crippen LogP contribution in [0.2, 0.25) is 0 Å². The minimum Gasteiger partial charge on any atom is -0.193 e. The van der Waals surface area contributed by atoms with Gasteiger partial charge in [-0.1, -0.05) is 84.1 Å². The predicted octanol–water partition coefficient (Wildman–Crippen LogP) is 5.97. The zero-order chi connectivity index (χ0) is 13.5. The van der Waals surface area contributed by atoms with E-state index >= 15 is 0 Å². The van der Waals surface area contributed by atoms with E-state index in [2.05, 4.69) is 19.6 Å². The summed E-state index contributed by atoms with van der Waals surface area (Å²) >= 11 is 0. The molecule has 0 saturated carbocycles. The Kier molecular flexibility index (Phi) is 13.7. The molecule has 0 atom stereocenters. The molecule has 0 N–H and O–H groups in total. The van der Waals surface area contributed by atoms with Gasteiger partial charge in [0.1, 0.15) is 0 Å². The van der Waals surface area contributed by atoms with E-state index in [0.717, 1.165) is 24.8 Å². The van der Waals surface area contributed by atoms with Gasteiger partial charge in [-0.2, -0.15) is 5.26 Å². The van der Waals surface area contributed by atoms with Gasteiger partial charge < -0.3 is 0 Å². The summed E-state index contributed by atoms with van der Waals surface area (Å²) in [6.07, 6.45) is 16.7. The summed E-state index contributed by atoms with van der Waals surface area (Å²) in [5.74, 6) is 0. The van der Waals surface area contributed by atoms with E-state index in [1.807, 2.05) is 0 Å². The normalized spacial score (nSPS) is 10.2. The number of hydrogen-bond acceptors (Lipinski definition) is 1. The van der Waals surface area contributed by atoms with Crippen LogP contribution in [0.1, 0.15) is 83.5 Å². The zero-order valence-electron chi connectivity index (χ0n) is 12.1. The van der Waals surface area contributed by atoms with E-state index in [1.54, 1.807) is 0 Å². The number of unbranched alkanes of at least 4 members (excludes halogenated alkanes) is 11. The summed E-state index contributed by atoms with van der Waals surface area (Å²) in [5.41, 5.74) is 0.734. The number of allylic oxidation sites excluding steroid dienone is 1. The fourth-order valence-corrected chi connectivity index (χ4v) is 2.16. The third kappa shape index (κ3) is 13.3. The molecule has 0 bridgehead atoms. The van der Waals surface area contributed by atoms with Crippen molar-refractivity contribution in [2.24, 2.45) is 0 Å². The maximum Gasteiger partial charge on any atom is 0.0940 e. The maximum absolute atomic E-state index is 8.56. The lowest BCUT2D eigenvalue weighted by molar-refractivity contribution is 0.546. The molecule has 18 heavy (non-hydrogen) atoms. The second-order valence-corrected chi connectivity index (χ2v) is 5.21. The van der Waals surface area contributed by atoms with Crippen LogP contribution < -0.4 is 0 Å². The van der Waals surface area contributed by atoms with E-state index in [4.69, 9.17) is 5.26 Å². The van der Waals surface area contributed by atoms with Crippen molar-refractivity contribution >= 4 is 0 Å². The summed E-state index contributed by atoms with van der Waals surface area (Å²) in [4.78, 5) is 0. The predicted molar refractivity (Wildman–Crippen MR) is 80.1 cm³/mol. The molecular formula is C17H30N. The molecule has 0 aliphatic carbocycles. The average Bonchev–Trinajstić information content (AvgIpc) is 2.39. The highest BCUT2D eigenvalue weighted by Gasteiger charge is 1.94. The van der Waals surface area contributed by atoms with Crippen LogP contribution in [-0.4, -0.2) is 0 Å². The topological polar surface area (TPSA) is 23.8 Å². The molecule has 0 aromatic heterocycles. The molecule has 0 unspecified atom stereocenters. The molecule has 0 rings (SSSR count). The third-order valence-corrected chi connectivity index (χ3v) is 3.39. The molecule has 0 aliphatic heterocycles. The van der Waals surface area contributed by atoms with E-state index in [1.165, 1.54) is 64.2 Å². The van der Waals surface area contributed by atoms with Crippen LogP contribution in [0, 0.1) is 18.3 Å². The van der Waals surface area contributed by atoms with Gasteiger partial charge in [-0.15, -0.1) is 0 Å². The van der Waals surface area contributed by atoms with Gasteiger partial charge in [-0.25, -0.2) is 0 Å². The lowest BCUT2D eigenvalue weighted by atomic mass is 10.0. The van der Waals surface area contributed by atoms with Gasteiger partial charge in [0.2, 0.25) is 0 Å². The Bertz CT molecular complexity index is 224. The molecule has 103 valence electrons. The largest absolute Gasteiger partial charge is 0.193 e. The first-order valence-electron chi connectivity index (χ1n) is 7.68. The van der Waals surface area contributed by atoms with Crippen molar-refractivity contribution in [3.63, 3.8) is 0 Å². The second kappa shape index (κ2) is 14.3. The van der Waals surface area contributed by atoms with Crippen molar-refractivity contribution < 1.29 is 0 Å². The zero-order valence-corrected chi connectivity index (χ0v) is 12.1. The number of nitriles is 1. The van der Waals surface area contributed by atoms with Gasteiger partial charge in [0, 0.05) is 5.57 Å². The van der Waals surface area contributed by atoms with Gasteiger partial charge in [-0.05, 0) is 12.8 Å². The molecule has 0 aromatic rings. The Labute approximate surface area is 114 Å². The molecule has 1 nitrogen and oxygen atoms in total. The summed E-state index contributed by atoms with van der Waals surface area (Å²) in [5, 5.41) is 8.56. The van der Waals surface area contributed by atoms with Crippen LogP contribution >= 0.6 is 0 Å². The van der Waals surface area contributed by atoms with Gasteiger partial charge in [0.25, 0.3) is 0 Å². The fourth-order valence-electron chi connectivity index (χ4n) is 2.16. The molecule has 0 heterocycles. The smallest absolute Gasteiger partial charge is 0.0940 e. The molecule has 0 amide bonds. The lowest BCUT2D eigenvalue weighted by Crippen LogP contribution is -1.83. The Balaban J connectivity index is 2.99. The Morgan fingerprint density at radius 1 is 0.722 bits per heavy atom. The van der Waals surface area contributed by atoms with Crippen molar-refractivity contribution in [3.8, 4) is 6.07 Å². The molecule has 1 radical (unpaired) electrons. The third-order valence-electron chi connectivity index (χ3n) is 3.39. The number of nitrogens with zero attached hydrogens (tertiary/aromatic N) is 1. The van der Waals surface area contributed by atoms with Crippen LogP contribution in [0.5, 0.6) is 0 Å². The van der Waals surface area contributed by atoms with Crippen LogP contribution in [0.3, 0.4) is 0 Å². The Morgan fingerprint density at radius 2 is 1.11 bits per heavy atom. The highest BCUT2D eigenvalue weighted by atomic mass is 14.2. The highest BCUT2D eigenvalue weighted by molar-refractivity contribution is 5.14. The molecule has 0 spiro atoms. The second-order valence-electron chi connectivity index (χ2n) is 5.21. The van der Waals surface area contributed by atoms with Crippen molar-refractivity contribution in [3.05, 3.63) is 19.1 Å². The Morgan fingerprint density at radius 3 is 1.50 bits per heavy atom. The van der Waals surface area contributed by atoms with Gasteiger partial charge in [-0.3, -0.25) is 0 Å². The summed E-state index contributed by atoms with van der Waals surface area (Å²) < 4.78 is 0. The van der Waals surface area contributed by atoms with Crippen LogP contribution in [0.15, 0.2) is 12.2 Å². The van der Waals surface area contributed by atoms with Crippen LogP contribution in [0.4, 0.5) is 0 Å². The van der Waals surface area contributed by atoms with Crippen molar-refractivity contribution in [1.29, 1.82) is 5.26 Å². The fraction of sp³-hybridized carbons (Fsp3) is 0.765. The molecule has 0 aromatic carbocycles. The molecule has 1 heteroatoms. The molecule has 0 saturated heterocycles. The summed E-state index contributed by atoms with van der Waals surface area (Å²) in [6, 6.07) is 2.11. The van der Waals surface area contributed by atoms with Gasteiger partial charge in [0.05, 0.1) is 6.07 Å². The van der Waals surface area contributed by atoms with Crippen molar-refractivity contribution in [1.82, 2.24) is 0 Å². The molecule has 0 fully saturated rings. The molecular weight excluding hydrogens is 218 g/mol. The lowest BCUT2D eigenvalue weighted by Gasteiger charge is -2.02. The minimum absolute atomic E-state index is 0.734. The maximum atomic E-state index is 8.56. The summed E-state index contributed by atoms with van der Waals surface area (Å²) in [6.45, 7) is 7.56. The summed E-state index contributed by atoms with van der Waals surface area (Å²) in [7, 11) is 0. The quantitative estimate of drug-likeness (QED) is 0.291. The number of hydrogen-bond donors (Lipinski definition) is 0. The monoisotopic (exact) mass is 248 g/mol. The van der Waals surface area contributed by atoms with Crippen molar-refractivity contribution in [2.45, 2.75) is 83.5 Å². The van der Waals surface area contributed by atoms with Crippen molar-refractivity contribution in [2.75, 3.05) is 0 Å². The standard InChI is InChI=1S/C17H30N/c1-3-4-5-6-7-8-9-10-11-12-13-14-15-17(2)16-18/h1-15H2. The van der Waals surface area contributed by atoms with E-state index in [-0.39, 0.29) is 0 Å². The van der Waals surface area contributed by atoms with E-state index in [0.29, 0.717) is 0 Å². The van der Waals surface area contributed by atoms with E-state index in [9.17, 15) is 0 Å². The van der Waals surface area contributed by atoms with Gasteiger partial charge in [0.15, 0.2) is 0 Å². The first kappa shape index (κ1) is 17.2. The van der Waals surface area contributed by atoms with Crippen LogP contribution in [-0.2, 0) is 0 Å². The Hall–Kier alpha value is -0.770. The van der Waals surface area contributed by atoms with E-state index < -0.39 is 0 Å².